The summed E-state index contributed by atoms with van der Waals surface area (Å²) in [5, 5.41) is 6.44. The lowest BCUT2D eigenvalue weighted by atomic mass is 10.0. The Morgan fingerprint density at radius 1 is 1.13 bits per heavy atom. The predicted molar refractivity (Wildman–Crippen MR) is 155 cm³/mol. The standard InChI is InChI=1S/C28H39N7O3.CH4/c1-5-22-27(37)34(3)23-17-29-28(32-25(23)35(22)20-8-6-7-9-20)31-21-11-10-18(16-24(21)38-4)26(36)30-19-12-14-33(2)15-13-19;/h10-11,16-17,19-20,22H,5-9,12-15H2,1-4H3,(H,30,36)(H,29,31,32);1H4/t22-;/m1./s1. The molecule has 0 radical (unpaired) electrons. The SMILES string of the molecule is C.CC[C@@H]1C(=O)N(C)c2cnc(Nc3ccc(C(=O)NC4CCN(C)CC4)cc3OC)nc2N1C1CCCC1. The summed E-state index contributed by atoms with van der Waals surface area (Å²) in [4.78, 5) is 41.6. The van der Waals surface area contributed by atoms with Gasteiger partial charge in [-0.2, -0.15) is 4.98 Å². The van der Waals surface area contributed by atoms with E-state index in [1.807, 2.05) is 6.07 Å². The zero-order valence-electron chi connectivity index (χ0n) is 22.9. The first-order valence-corrected chi connectivity index (χ1v) is 13.8. The smallest absolute Gasteiger partial charge is 0.251 e. The summed E-state index contributed by atoms with van der Waals surface area (Å²) in [6, 6.07) is 5.62. The van der Waals surface area contributed by atoms with Gasteiger partial charge in [0.2, 0.25) is 11.9 Å². The number of hydrogen-bond acceptors (Lipinski definition) is 8. The van der Waals surface area contributed by atoms with Crippen LogP contribution >= 0.6 is 0 Å². The number of aromatic nitrogens is 2. The number of amides is 2. The van der Waals surface area contributed by atoms with Gasteiger partial charge in [0.05, 0.1) is 19.0 Å². The molecule has 1 saturated carbocycles. The molecule has 1 aromatic carbocycles. The largest absolute Gasteiger partial charge is 0.495 e. The number of ether oxygens (including phenoxy) is 1. The summed E-state index contributed by atoms with van der Waals surface area (Å²) in [6.07, 6.45) is 8.80. The third-order valence-electron chi connectivity index (χ3n) is 8.18. The minimum absolute atomic E-state index is 0. The van der Waals surface area contributed by atoms with Crippen LogP contribution in [0.1, 0.15) is 69.7 Å². The number of nitrogens with one attached hydrogen (secondary N) is 2. The number of benzene rings is 1. The van der Waals surface area contributed by atoms with E-state index < -0.39 is 0 Å². The summed E-state index contributed by atoms with van der Waals surface area (Å²) < 4.78 is 5.63. The van der Waals surface area contributed by atoms with Gasteiger partial charge in [-0.1, -0.05) is 27.2 Å². The average molecular weight is 538 g/mol. The molecular formula is C29H43N7O3. The van der Waals surface area contributed by atoms with Crippen LogP contribution in [0.4, 0.5) is 23.1 Å². The van der Waals surface area contributed by atoms with Gasteiger partial charge in [0.1, 0.15) is 17.5 Å². The highest BCUT2D eigenvalue weighted by Crippen LogP contribution is 2.40. The zero-order chi connectivity index (χ0) is 26.8. The second kappa shape index (κ2) is 12.2. The number of rotatable bonds is 7. The summed E-state index contributed by atoms with van der Waals surface area (Å²) in [5.74, 6) is 1.74. The maximum atomic E-state index is 13.1. The van der Waals surface area contributed by atoms with Crippen LogP contribution in [0.25, 0.3) is 0 Å². The highest BCUT2D eigenvalue weighted by Gasteiger charge is 2.41. The van der Waals surface area contributed by atoms with E-state index in [0.717, 1.165) is 56.7 Å². The molecule has 2 aliphatic heterocycles. The first-order valence-electron chi connectivity index (χ1n) is 13.8. The molecule has 2 N–H and O–H groups in total. The molecule has 2 amide bonds. The van der Waals surface area contributed by atoms with Crippen LogP contribution in [0.3, 0.4) is 0 Å². The first-order chi connectivity index (χ1) is 18.4. The molecule has 3 aliphatic rings. The lowest BCUT2D eigenvalue weighted by Gasteiger charge is -2.43. The Morgan fingerprint density at radius 3 is 2.51 bits per heavy atom. The van der Waals surface area contributed by atoms with E-state index in [2.05, 4.69) is 39.4 Å². The molecule has 1 atom stereocenters. The van der Waals surface area contributed by atoms with E-state index in [9.17, 15) is 9.59 Å². The van der Waals surface area contributed by atoms with Gasteiger partial charge in [-0.15, -0.1) is 0 Å². The Hall–Kier alpha value is -3.40. The molecule has 1 saturated heterocycles. The summed E-state index contributed by atoms with van der Waals surface area (Å²) >= 11 is 0. The van der Waals surface area contributed by atoms with E-state index in [1.54, 1.807) is 37.4 Å². The van der Waals surface area contributed by atoms with E-state index in [0.29, 0.717) is 29.0 Å². The van der Waals surface area contributed by atoms with Crippen molar-refractivity contribution in [3.63, 3.8) is 0 Å². The summed E-state index contributed by atoms with van der Waals surface area (Å²) in [7, 11) is 5.48. The van der Waals surface area contributed by atoms with Crippen molar-refractivity contribution in [2.45, 2.75) is 77.4 Å². The minimum atomic E-state index is -0.227. The number of carbonyl (C=O) groups excluding carboxylic acids is 2. The fourth-order valence-corrected chi connectivity index (χ4v) is 5.92. The number of methoxy groups -OCH3 is 1. The Morgan fingerprint density at radius 2 is 1.85 bits per heavy atom. The molecule has 0 bridgehead atoms. The lowest BCUT2D eigenvalue weighted by Crippen LogP contribution is -2.55. The van der Waals surface area contributed by atoms with Crippen LogP contribution < -0.4 is 25.2 Å². The molecule has 1 aliphatic carbocycles. The lowest BCUT2D eigenvalue weighted by molar-refractivity contribution is -0.120. The van der Waals surface area contributed by atoms with E-state index >= 15 is 0 Å². The molecule has 39 heavy (non-hydrogen) atoms. The molecule has 10 heteroatoms. The number of anilines is 4. The maximum absolute atomic E-state index is 13.1. The second-order valence-electron chi connectivity index (χ2n) is 10.7. The van der Waals surface area contributed by atoms with Gasteiger partial charge < -0.3 is 30.1 Å². The second-order valence-corrected chi connectivity index (χ2v) is 10.7. The Labute approximate surface area is 232 Å². The fourth-order valence-electron chi connectivity index (χ4n) is 5.92. The number of fused-ring (bicyclic) bond motifs is 1. The number of likely N-dealkylation sites (tertiary alicyclic amines) is 1. The minimum Gasteiger partial charge on any atom is -0.495 e. The number of nitrogens with zero attached hydrogens (tertiary/aromatic N) is 5. The molecule has 2 fully saturated rings. The normalized spacial score (nSPS) is 20.4. The Kier molecular flexibility index (Phi) is 8.94. The molecule has 2 aromatic rings. The van der Waals surface area contributed by atoms with Crippen LogP contribution in [0.2, 0.25) is 0 Å². The van der Waals surface area contributed by atoms with Gasteiger partial charge >= 0.3 is 0 Å². The van der Waals surface area contributed by atoms with Crippen LogP contribution in [0.5, 0.6) is 5.75 Å². The average Bonchev–Trinajstić information content (AvgIpc) is 3.46. The molecule has 212 valence electrons. The molecular weight excluding hydrogens is 494 g/mol. The number of piperidine rings is 1. The van der Waals surface area contributed by atoms with Gasteiger partial charge in [0.15, 0.2) is 5.82 Å². The highest BCUT2D eigenvalue weighted by molar-refractivity contribution is 6.04. The van der Waals surface area contributed by atoms with Crippen molar-refractivity contribution in [3.05, 3.63) is 30.0 Å². The highest BCUT2D eigenvalue weighted by atomic mass is 16.5. The molecule has 0 spiro atoms. The van der Waals surface area contributed by atoms with Crippen molar-refractivity contribution in [2.24, 2.45) is 0 Å². The van der Waals surface area contributed by atoms with Gasteiger partial charge in [-0.25, -0.2) is 4.98 Å². The molecule has 0 unspecified atom stereocenters. The summed E-state index contributed by atoms with van der Waals surface area (Å²) in [5.41, 5.74) is 1.95. The monoisotopic (exact) mass is 537 g/mol. The quantitative estimate of drug-likeness (QED) is 0.542. The van der Waals surface area contributed by atoms with Gasteiger partial charge in [0.25, 0.3) is 5.91 Å². The fraction of sp³-hybridized carbons (Fsp3) is 0.586. The van der Waals surface area contributed by atoms with Crippen molar-refractivity contribution in [3.8, 4) is 5.75 Å². The van der Waals surface area contributed by atoms with Crippen LogP contribution in [0.15, 0.2) is 24.4 Å². The Bertz CT molecular complexity index is 1180. The van der Waals surface area contributed by atoms with Crippen molar-refractivity contribution < 1.29 is 14.3 Å². The molecule has 5 rings (SSSR count). The van der Waals surface area contributed by atoms with Crippen LogP contribution in [0, 0.1) is 0 Å². The number of hydrogen-bond donors (Lipinski definition) is 2. The van der Waals surface area contributed by atoms with Crippen molar-refractivity contribution in [1.29, 1.82) is 0 Å². The van der Waals surface area contributed by atoms with Crippen molar-refractivity contribution >= 4 is 35.0 Å². The maximum Gasteiger partial charge on any atom is 0.251 e. The van der Waals surface area contributed by atoms with Gasteiger partial charge in [-0.05, 0) is 70.4 Å². The number of likely N-dealkylation sites (N-methyl/N-ethyl adjacent to an activating group) is 1. The molecule has 3 heterocycles. The van der Waals surface area contributed by atoms with Crippen molar-refractivity contribution in [2.75, 3.05) is 49.4 Å². The predicted octanol–water partition coefficient (Wildman–Crippen LogP) is 4.19. The Balaban J connectivity index is 0.00000353. The van der Waals surface area contributed by atoms with Crippen LogP contribution in [-0.2, 0) is 4.79 Å². The molecule has 10 nitrogen and oxygen atoms in total. The zero-order valence-corrected chi connectivity index (χ0v) is 22.9. The molecule has 1 aromatic heterocycles. The van der Waals surface area contributed by atoms with E-state index in [-0.39, 0.29) is 31.3 Å². The van der Waals surface area contributed by atoms with E-state index in [4.69, 9.17) is 9.72 Å². The third kappa shape index (κ3) is 5.80. The van der Waals surface area contributed by atoms with Crippen molar-refractivity contribution in [1.82, 2.24) is 20.2 Å². The topological polar surface area (TPSA) is 103 Å². The van der Waals surface area contributed by atoms with Gasteiger partial charge in [-0.3, -0.25) is 9.59 Å². The van der Waals surface area contributed by atoms with Gasteiger partial charge in [0, 0.05) is 24.7 Å². The van der Waals surface area contributed by atoms with E-state index in [1.165, 1.54) is 12.8 Å². The summed E-state index contributed by atoms with van der Waals surface area (Å²) in [6.45, 7) is 4.02. The first kappa shape index (κ1) is 28.6. The third-order valence-corrected chi connectivity index (χ3v) is 8.18. The van der Waals surface area contributed by atoms with Crippen LogP contribution in [-0.4, -0.2) is 79.1 Å². The number of carbonyl (C=O) groups is 2.